The summed E-state index contributed by atoms with van der Waals surface area (Å²) in [6.45, 7) is 0. The van der Waals surface area contributed by atoms with Gasteiger partial charge in [-0.05, 0) is 17.7 Å². The van der Waals surface area contributed by atoms with Crippen LogP contribution in [0.25, 0.3) is 11.1 Å². The summed E-state index contributed by atoms with van der Waals surface area (Å²) in [6, 6.07) is 8.01. The molecule has 1 aromatic carbocycles. The number of aromatic nitrogens is 2. The molecule has 1 aromatic heterocycles. The van der Waals surface area contributed by atoms with E-state index in [4.69, 9.17) is 11.6 Å². The molecule has 0 amide bonds. The molecule has 0 aliphatic rings. The van der Waals surface area contributed by atoms with Crippen LogP contribution in [0, 0.1) is 0 Å². The summed E-state index contributed by atoms with van der Waals surface area (Å²) in [5.41, 5.74) is 2.08. The summed E-state index contributed by atoms with van der Waals surface area (Å²) in [4.78, 5) is 8.29. The highest BCUT2D eigenvalue weighted by atomic mass is 79.9. The van der Waals surface area contributed by atoms with E-state index in [0.717, 1.165) is 15.6 Å². The lowest BCUT2D eigenvalue weighted by atomic mass is 10.1. The van der Waals surface area contributed by atoms with Gasteiger partial charge >= 0.3 is 0 Å². The number of hydrogen-bond acceptors (Lipinski definition) is 2. The number of nitrogens with zero attached hydrogens (tertiary/aromatic N) is 2. The van der Waals surface area contributed by atoms with Crippen molar-refractivity contribution in [2.45, 2.75) is 5.88 Å². The fraction of sp³-hybridized carbons (Fsp3) is 0.0909. The highest BCUT2D eigenvalue weighted by Crippen LogP contribution is 2.21. The Bertz CT molecular complexity index is 456. The third kappa shape index (κ3) is 2.55. The molecule has 0 atom stereocenters. The second-order valence-electron chi connectivity index (χ2n) is 3.03. The molecule has 15 heavy (non-hydrogen) atoms. The summed E-state index contributed by atoms with van der Waals surface area (Å²) in [5, 5.41) is 0. The van der Waals surface area contributed by atoms with Crippen LogP contribution in [0.3, 0.4) is 0 Å². The van der Waals surface area contributed by atoms with Crippen molar-refractivity contribution in [3.05, 3.63) is 47.0 Å². The summed E-state index contributed by atoms with van der Waals surface area (Å²) in [5.74, 6) is 0.995. The average Bonchev–Trinajstić information content (AvgIpc) is 2.29. The van der Waals surface area contributed by atoms with Crippen molar-refractivity contribution >= 4 is 27.5 Å². The standard InChI is InChI=1S/C11H8BrClN2/c12-10-3-1-2-8(4-10)9-6-14-11(5-13)15-7-9/h1-4,6-7H,5H2. The number of rotatable bonds is 2. The predicted molar refractivity (Wildman–Crippen MR) is 64.7 cm³/mol. The van der Waals surface area contributed by atoms with Gasteiger partial charge in [-0.25, -0.2) is 9.97 Å². The van der Waals surface area contributed by atoms with E-state index >= 15 is 0 Å². The Morgan fingerprint density at radius 3 is 2.47 bits per heavy atom. The van der Waals surface area contributed by atoms with Gasteiger partial charge in [0.15, 0.2) is 0 Å². The predicted octanol–water partition coefficient (Wildman–Crippen LogP) is 3.64. The smallest absolute Gasteiger partial charge is 0.142 e. The molecule has 2 nitrogen and oxygen atoms in total. The number of hydrogen-bond donors (Lipinski definition) is 0. The Morgan fingerprint density at radius 2 is 1.87 bits per heavy atom. The molecule has 76 valence electrons. The van der Waals surface area contributed by atoms with Crippen molar-refractivity contribution < 1.29 is 0 Å². The molecule has 2 rings (SSSR count). The van der Waals surface area contributed by atoms with Gasteiger partial charge in [0.25, 0.3) is 0 Å². The van der Waals surface area contributed by atoms with Crippen LogP contribution in [-0.4, -0.2) is 9.97 Å². The third-order valence-electron chi connectivity index (χ3n) is 1.98. The highest BCUT2D eigenvalue weighted by Gasteiger charge is 2.00. The molecule has 0 fully saturated rings. The lowest BCUT2D eigenvalue weighted by Crippen LogP contribution is -1.90. The first-order valence-electron chi connectivity index (χ1n) is 4.42. The van der Waals surface area contributed by atoms with E-state index in [1.807, 2.05) is 24.3 Å². The number of benzene rings is 1. The molecule has 0 bridgehead atoms. The van der Waals surface area contributed by atoms with Gasteiger partial charge in [-0.3, -0.25) is 0 Å². The van der Waals surface area contributed by atoms with E-state index < -0.39 is 0 Å². The topological polar surface area (TPSA) is 25.8 Å². The van der Waals surface area contributed by atoms with Crippen LogP contribution in [-0.2, 0) is 5.88 Å². The van der Waals surface area contributed by atoms with Crippen LogP contribution >= 0.6 is 27.5 Å². The Morgan fingerprint density at radius 1 is 1.13 bits per heavy atom. The molecule has 1 heterocycles. The van der Waals surface area contributed by atoms with Crippen molar-refractivity contribution in [2.75, 3.05) is 0 Å². The maximum atomic E-state index is 5.62. The highest BCUT2D eigenvalue weighted by molar-refractivity contribution is 9.10. The van der Waals surface area contributed by atoms with Crippen molar-refractivity contribution in [2.24, 2.45) is 0 Å². The molecule has 0 aliphatic heterocycles. The number of halogens is 2. The maximum Gasteiger partial charge on any atom is 0.142 e. The van der Waals surface area contributed by atoms with Gasteiger partial charge in [0.05, 0.1) is 5.88 Å². The molecule has 0 aliphatic carbocycles. The molecule has 0 unspecified atom stereocenters. The summed E-state index contributed by atoms with van der Waals surface area (Å²) in [7, 11) is 0. The van der Waals surface area contributed by atoms with Crippen LogP contribution < -0.4 is 0 Å². The molecule has 2 aromatic rings. The minimum Gasteiger partial charge on any atom is -0.239 e. The van der Waals surface area contributed by atoms with E-state index in [9.17, 15) is 0 Å². The van der Waals surface area contributed by atoms with Gasteiger partial charge in [0, 0.05) is 22.4 Å². The summed E-state index contributed by atoms with van der Waals surface area (Å²) < 4.78 is 1.04. The third-order valence-corrected chi connectivity index (χ3v) is 2.72. The van der Waals surface area contributed by atoms with E-state index in [0.29, 0.717) is 11.7 Å². The first-order chi connectivity index (χ1) is 7.29. The second-order valence-corrected chi connectivity index (χ2v) is 4.21. The number of alkyl halides is 1. The van der Waals surface area contributed by atoms with Gasteiger partial charge in [-0.2, -0.15) is 0 Å². The summed E-state index contributed by atoms with van der Waals surface area (Å²) >= 11 is 9.04. The van der Waals surface area contributed by atoms with Crippen LogP contribution in [0.5, 0.6) is 0 Å². The molecule has 0 spiro atoms. The van der Waals surface area contributed by atoms with Crippen LogP contribution in [0.2, 0.25) is 0 Å². The largest absolute Gasteiger partial charge is 0.239 e. The molecule has 0 saturated heterocycles. The van der Waals surface area contributed by atoms with E-state index in [1.165, 1.54) is 0 Å². The van der Waals surface area contributed by atoms with Crippen molar-refractivity contribution in [1.29, 1.82) is 0 Å². The molecular weight excluding hydrogens is 275 g/mol. The van der Waals surface area contributed by atoms with Gasteiger partial charge in [-0.1, -0.05) is 28.1 Å². The Hall–Kier alpha value is -0.930. The Kier molecular flexibility index (Phi) is 3.34. The average molecular weight is 284 g/mol. The monoisotopic (exact) mass is 282 g/mol. The lowest BCUT2D eigenvalue weighted by molar-refractivity contribution is 1.03. The van der Waals surface area contributed by atoms with Gasteiger partial charge in [0.1, 0.15) is 5.82 Å². The van der Waals surface area contributed by atoms with Crippen molar-refractivity contribution in [3.8, 4) is 11.1 Å². The van der Waals surface area contributed by atoms with E-state index in [1.54, 1.807) is 12.4 Å². The van der Waals surface area contributed by atoms with Crippen LogP contribution in [0.1, 0.15) is 5.82 Å². The van der Waals surface area contributed by atoms with E-state index in [-0.39, 0.29) is 0 Å². The van der Waals surface area contributed by atoms with Crippen LogP contribution in [0.15, 0.2) is 41.1 Å². The molecule has 0 N–H and O–H groups in total. The second kappa shape index (κ2) is 4.73. The van der Waals surface area contributed by atoms with Gasteiger partial charge in [0.2, 0.25) is 0 Å². The zero-order valence-electron chi connectivity index (χ0n) is 7.82. The van der Waals surface area contributed by atoms with Crippen molar-refractivity contribution in [3.63, 3.8) is 0 Å². The normalized spacial score (nSPS) is 10.3. The summed E-state index contributed by atoms with van der Waals surface area (Å²) in [6.07, 6.45) is 3.57. The lowest BCUT2D eigenvalue weighted by Gasteiger charge is -2.01. The first-order valence-corrected chi connectivity index (χ1v) is 5.75. The van der Waals surface area contributed by atoms with Gasteiger partial charge in [-0.15, -0.1) is 11.6 Å². The first kappa shape index (κ1) is 10.6. The Labute approximate surface area is 101 Å². The van der Waals surface area contributed by atoms with Gasteiger partial charge < -0.3 is 0 Å². The maximum absolute atomic E-state index is 5.62. The molecule has 0 radical (unpaired) electrons. The van der Waals surface area contributed by atoms with E-state index in [2.05, 4.69) is 25.9 Å². The minimum atomic E-state index is 0.346. The molecular formula is C11H8BrClN2. The van der Waals surface area contributed by atoms with Crippen LogP contribution in [0.4, 0.5) is 0 Å². The quantitative estimate of drug-likeness (QED) is 0.786. The molecule has 4 heteroatoms. The molecule has 0 saturated carbocycles. The SMILES string of the molecule is ClCc1ncc(-c2cccc(Br)c2)cn1. The Balaban J connectivity index is 2.37. The fourth-order valence-corrected chi connectivity index (χ4v) is 1.78. The zero-order chi connectivity index (χ0) is 10.7. The van der Waals surface area contributed by atoms with Crippen molar-refractivity contribution in [1.82, 2.24) is 9.97 Å². The minimum absolute atomic E-state index is 0.346. The fourth-order valence-electron chi connectivity index (χ4n) is 1.24. The zero-order valence-corrected chi connectivity index (χ0v) is 10.2.